The first-order valence-corrected chi connectivity index (χ1v) is 11.5. The Morgan fingerprint density at radius 2 is 0.960 bits per heavy atom. The van der Waals surface area contributed by atoms with E-state index in [1.165, 1.54) is 84.3 Å². The van der Waals surface area contributed by atoms with E-state index in [1.54, 1.807) is 0 Å². The first kappa shape index (κ1) is 22.4. The summed E-state index contributed by atoms with van der Waals surface area (Å²) in [6.07, 6.45) is 4.00. The van der Waals surface area contributed by atoms with E-state index in [0.717, 1.165) is 13.1 Å². The van der Waals surface area contributed by atoms with Gasteiger partial charge in [-0.05, 0) is 27.2 Å². The molecule has 0 aliphatic carbocycles. The number of likely N-dealkylation sites (N-methyl/N-ethyl adjacent to an activating group) is 2. The van der Waals surface area contributed by atoms with Crippen LogP contribution in [0.5, 0.6) is 0 Å². The van der Waals surface area contributed by atoms with Crippen molar-refractivity contribution in [2.75, 3.05) is 111 Å². The second kappa shape index (κ2) is 11.8. The number of nitrogens with zero attached hydrogens (tertiary/aromatic N) is 6. The molecule has 3 aliphatic rings. The first-order valence-electron chi connectivity index (χ1n) is 9.59. The van der Waals surface area contributed by atoms with E-state index < -0.39 is 0 Å². The Morgan fingerprint density at radius 3 is 1.36 bits per heavy atom. The average molecular weight is 400 g/mol. The van der Waals surface area contributed by atoms with Crippen molar-refractivity contribution in [2.24, 2.45) is 0 Å². The molecule has 3 fully saturated rings. The van der Waals surface area contributed by atoms with Crippen molar-refractivity contribution in [3.8, 4) is 0 Å². The molecule has 0 aromatic carbocycles. The second-order valence-corrected chi connectivity index (χ2v) is 9.92. The predicted molar refractivity (Wildman–Crippen MR) is 104 cm³/mol. The van der Waals surface area contributed by atoms with Crippen molar-refractivity contribution in [3.05, 3.63) is 5.32 Å². The van der Waals surface area contributed by atoms with Crippen molar-refractivity contribution in [2.45, 2.75) is 0 Å². The van der Waals surface area contributed by atoms with Crippen molar-refractivity contribution in [1.82, 2.24) is 24.5 Å². The fourth-order valence-electron chi connectivity index (χ4n) is 3.75. The van der Waals surface area contributed by atoms with Gasteiger partial charge in [-0.1, -0.05) is 7.92 Å². The summed E-state index contributed by atoms with van der Waals surface area (Å²) in [7, 11) is 4.54. The zero-order valence-corrected chi connectivity index (χ0v) is 19.0. The molecule has 3 heterocycles. The number of hydrogen-bond donors (Lipinski definition) is 0. The molecule has 0 spiro atoms. The third-order valence-corrected chi connectivity index (χ3v) is 7.94. The molecule has 0 unspecified atom stereocenters. The number of rotatable bonds is 6. The van der Waals surface area contributed by atoms with Gasteiger partial charge in [0.1, 0.15) is 0 Å². The van der Waals surface area contributed by atoms with Crippen LogP contribution in [-0.4, -0.2) is 136 Å². The average Bonchev–Trinajstić information content (AvgIpc) is 2.60. The van der Waals surface area contributed by atoms with E-state index in [9.17, 15) is 0 Å². The molecule has 3 aliphatic heterocycles. The normalized spacial score (nSPS) is 26.0. The largest absolute Gasteiger partial charge is 0.660 e. The molecule has 3 rings (SSSR count). The van der Waals surface area contributed by atoms with Crippen molar-refractivity contribution >= 4 is 7.92 Å². The summed E-state index contributed by atoms with van der Waals surface area (Å²) in [4.78, 5) is 13.1. The third-order valence-electron chi connectivity index (χ3n) is 5.54. The topological polar surface area (TPSA) is 30.3 Å². The van der Waals surface area contributed by atoms with Gasteiger partial charge >= 0.3 is 0 Å². The minimum Gasteiger partial charge on any atom is -0.660 e. The summed E-state index contributed by atoms with van der Waals surface area (Å²) in [6, 6.07) is 0. The van der Waals surface area contributed by atoms with E-state index in [2.05, 4.69) is 43.9 Å². The molecule has 0 aromatic rings. The summed E-state index contributed by atoms with van der Waals surface area (Å²) in [5, 5.41) is 4.52. The molecule has 143 valence electrons. The standard InChI is InChI=1S/C17H36N6P.Sc/c1-19-7-11-22(12-8-19)16-24(15-21-5-3-18-4-6-21)17-23-13-9-20(2)10-14-23;/h3-17H2,1-2H3;/q-1;. The molecule has 0 saturated carbocycles. The van der Waals surface area contributed by atoms with Crippen molar-refractivity contribution < 1.29 is 25.8 Å². The second-order valence-electron chi connectivity index (χ2n) is 7.73. The monoisotopic (exact) mass is 400 g/mol. The molecule has 8 heteroatoms. The van der Waals surface area contributed by atoms with Crippen LogP contribution in [0.1, 0.15) is 0 Å². The zero-order valence-electron chi connectivity index (χ0n) is 16.3. The van der Waals surface area contributed by atoms with Gasteiger partial charge in [-0.2, -0.15) is 0 Å². The van der Waals surface area contributed by atoms with Crippen LogP contribution >= 0.6 is 7.92 Å². The summed E-state index contributed by atoms with van der Waals surface area (Å²) >= 11 is 0. The van der Waals surface area contributed by atoms with Crippen LogP contribution in [-0.2, 0) is 25.8 Å². The predicted octanol–water partition coefficient (Wildman–Crippen LogP) is 0.522. The molecule has 1 radical (unpaired) electrons. The van der Waals surface area contributed by atoms with Crippen LogP contribution in [0.25, 0.3) is 5.32 Å². The van der Waals surface area contributed by atoms with Crippen LogP contribution in [0, 0.1) is 0 Å². The summed E-state index contributed by atoms with van der Waals surface area (Å²) < 4.78 is 0. The molecule has 25 heavy (non-hydrogen) atoms. The molecule has 0 bridgehead atoms. The van der Waals surface area contributed by atoms with Gasteiger partial charge < -0.3 is 20.0 Å². The van der Waals surface area contributed by atoms with Crippen LogP contribution in [0.4, 0.5) is 0 Å². The van der Waals surface area contributed by atoms with Crippen LogP contribution in [0.2, 0.25) is 0 Å². The van der Waals surface area contributed by atoms with Gasteiger partial charge in [0.05, 0.1) is 0 Å². The third kappa shape index (κ3) is 7.90. The van der Waals surface area contributed by atoms with E-state index in [4.69, 9.17) is 0 Å². The Balaban J connectivity index is 0.00000225. The quantitative estimate of drug-likeness (QED) is 0.607. The summed E-state index contributed by atoms with van der Waals surface area (Å²) in [5.74, 6) is 0. The van der Waals surface area contributed by atoms with Gasteiger partial charge in [-0.25, -0.2) is 0 Å². The number of piperazine rings is 3. The van der Waals surface area contributed by atoms with Gasteiger partial charge in [0.25, 0.3) is 0 Å². The van der Waals surface area contributed by atoms with E-state index in [-0.39, 0.29) is 33.8 Å². The molecule has 0 atom stereocenters. The Bertz CT molecular complexity index is 331. The Kier molecular flexibility index (Phi) is 10.6. The smallest absolute Gasteiger partial charge is 0.0208 e. The minimum absolute atomic E-state index is 0. The van der Waals surface area contributed by atoms with Crippen molar-refractivity contribution in [3.63, 3.8) is 0 Å². The van der Waals surface area contributed by atoms with E-state index >= 15 is 0 Å². The first-order chi connectivity index (χ1) is 11.7. The molecule has 3 saturated heterocycles. The van der Waals surface area contributed by atoms with E-state index in [0.29, 0.717) is 0 Å². The SMILES string of the molecule is CN1CCN(CP(CN2CC[N-]CC2)CN2CCN(C)CC2)CC1.[Sc]. The van der Waals surface area contributed by atoms with Crippen molar-refractivity contribution in [1.29, 1.82) is 0 Å². The van der Waals surface area contributed by atoms with Gasteiger partial charge in [-0.15, -0.1) is 13.1 Å². The van der Waals surface area contributed by atoms with Crippen LogP contribution in [0.3, 0.4) is 0 Å². The molecular weight excluding hydrogens is 364 g/mol. The molecule has 0 amide bonds. The van der Waals surface area contributed by atoms with Crippen LogP contribution in [0.15, 0.2) is 0 Å². The Morgan fingerprint density at radius 1 is 0.600 bits per heavy atom. The fourth-order valence-corrected chi connectivity index (χ4v) is 6.56. The molecular formula is C17H36N6PSc-. The van der Waals surface area contributed by atoms with Gasteiger partial charge in [0, 0.05) is 97.1 Å². The molecule has 0 N–H and O–H groups in total. The molecule has 0 aromatic heterocycles. The maximum Gasteiger partial charge on any atom is 0.0208 e. The van der Waals surface area contributed by atoms with E-state index in [1.807, 2.05) is 0 Å². The Labute approximate surface area is 174 Å². The van der Waals surface area contributed by atoms with Gasteiger partial charge in [-0.3, -0.25) is 9.80 Å². The fraction of sp³-hybridized carbons (Fsp3) is 1.00. The van der Waals surface area contributed by atoms with Gasteiger partial charge in [0.2, 0.25) is 0 Å². The maximum absolute atomic E-state index is 4.52. The summed E-state index contributed by atoms with van der Waals surface area (Å²) in [5.41, 5.74) is 0. The maximum atomic E-state index is 4.52. The molecule has 6 nitrogen and oxygen atoms in total. The van der Waals surface area contributed by atoms with Crippen LogP contribution < -0.4 is 0 Å². The zero-order chi connectivity index (χ0) is 16.8. The Hall–Kier alpha value is 1.06. The summed E-state index contributed by atoms with van der Waals surface area (Å²) in [6.45, 7) is 14.4. The minimum atomic E-state index is 0. The van der Waals surface area contributed by atoms with Gasteiger partial charge in [0.15, 0.2) is 0 Å². The number of hydrogen-bond acceptors (Lipinski definition) is 5.